The van der Waals surface area contributed by atoms with Crippen LogP contribution in [0, 0.1) is 5.82 Å². The first-order chi connectivity index (χ1) is 7.16. The highest BCUT2D eigenvalue weighted by molar-refractivity contribution is 7.93. The van der Waals surface area contributed by atoms with Gasteiger partial charge in [-0.3, -0.25) is 0 Å². The highest BCUT2D eigenvalue weighted by atomic mass is 35.5. The minimum absolute atomic E-state index is 0.128. The summed E-state index contributed by atoms with van der Waals surface area (Å²) in [5.41, 5.74) is 0.128. The summed E-state index contributed by atoms with van der Waals surface area (Å²) in [4.78, 5) is 0. The van der Waals surface area contributed by atoms with E-state index in [-0.39, 0.29) is 5.56 Å². The molecule has 0 radical (unpaired) electrons. The van der Waals surface area contributed by atoms with Gasteiger partial charge >= 0.3 is 0 Å². The predicted molar refractivity (Wildman–Crippen MR) is 60.5 cm³/mol. The lowest BCUT2D eigenvalue weighted by Crippen LogP contribution is -2.35. The first-order valence-corrected chi connectivity index (χ1v) is 6.75. The molecule has 0 aliphatic rings. The second-order valence-corrected chi connectivity index (χ2v) is 7.12. The summed E-state index contributed by atoms with van der Waals surface area (Å²) in [7, 11) is -3.67. The van der Waals surface area contributed by atoms with Gasteiger partial charge < -0.3 is 5.11 Å². The Kier molecular flexibility index (Phi) is 3.62. The van der Waals surface area contributed by atoms with Crippen molar-refractivity contribution in [3.8, 4) is 0 Å². The van der Waals surface area contributed by atoms with Crippen LogP contribution in [0.4, 0.5) is 4.39 Å². The number of sulfone groups is 1. The SMILES string of the molecule is C[C@](Cl)([C@@H](O)c1cccc(F)c1)S(C)(=O)=O. The largest absolute Gasteiger partial charge is 0.385 e. The van der Waals surface area contributed by atoms with Gasteiger partial charge in [0.2, 0.25) is 0 Å². The minimum Gasteiger partial charge on any atom is -0.385 e. The third-order valence-electron chi connectivity index (χ3n) is 2.38. The van der Waals surface area contributed by atoms with Crippen LogP contribution in [0.5, 0.6) is 0 Å². The molecule has 0 saturated heterocycles. The van der Waals surface area contributed by atoms with Crippen LogP contribution in [0.2, 0.25) is 0 Å². The summed E-state index contributed by atoms with van der Waals surface area (Å²) < 4.78 is 33.8. The Labute approximate surface area is 98.8 Å². The zero-order valence-corrected chi connectivity index (χ0v) is 10.4. The summed E-state index contributed by atoms with van der Waals surface area (Å²) in [6, 6.07) is 5.04. The van der Waals surface area contributed by atoms with E-state index in [1.54, 1.807) is 0 Å². The Morgan fingerprint density at radius 2 is 2.06 bits per heavy atom. The summed E-state index contributed by atoms with van der Waals surface area (Å²) in [5, 5.41) is 9.83. The molecule has 0 spiro atoms. The molecule has 16 heavy (non-hydrogen) atoms. The van der Waals surface area contributed by atoms with Gasteiger partial charge in [0, 0.05) is 6.26 Å². The fraction of sp³-hybridized carbons (Fsp3) is 0.400. The van der Waals surface area contributed by atoms with Gasteiger partial charge in [0.1, 0.15) is 11.9 Å². The van der Waals surface area contributed by atoms with Gasteiger partial charge in [-0.05, 0) is 24.6 Å². The van der Waals surface area contributed by atoms with Gasteiger partial charge in [0.25, 0.3) is 0 Å². The Balaban J connectivity index is 3.17. The molecule has 1 N–H and O–H groups in total. The number of hydrogen-bond donors (Lipinski definition) is 1. The first-order valence-electron chi connectivity index (χ1n) is 4.48. The standard InChI is InChI=1S/C10H12ClFO3S/c1-10(11,16(2,14)15)9(13)7-4-3-5-8(12)6-7/h3-6,9,13H,1-2H3/t9-,10+/m0/s1. The molecule has 1 aromatic rings. The summed E-state index contributed by atoms with van der Waals surface area (Å²) in [6.07, 6.45) is -0.567. The van der Waals surface area contributed by atoms with Crippen molar-refractivity contribution in [2.45, 2.75) is 17.2 Å². The average molecular weight is 267 g/mol. The van der Waals surface area contributed by atoms with Crippen molar-refractivity contribution in [3.63, 3.8) is 0 Å². The van der Waals surface area contributed by atoms with Crippen LogP contribution >= 0.6 is 11.6 Å². The molecule has 0 amide bonds. The molecule has 0 aromatic heterocycles. The van der Waals surface area contributed by atoms with Crippen molar-refractivity contribution >= 4 is 21.4 Å². The maximum Gasteiger partial charge on any atom is 0.172 e. The average Bonchev–Trinajstić information content (AvgIpc) is 2.14. The van der Waals surface area contributed by atoms with Gasteiger partial charge in [-0.1, -0.05) is 23.7 Å². The van der Waals surface area contributed by atoms with Gasteiger partial charge in [0.15, 0.2) is 14.0 Å². The lowest BCUT2D eigenvalue weighted by molar-refractivity contribution is 0.162. The van der Waals surface area contributed by atoms with E-state index in [0.29, 0.717) is 0 Å². The van der Waals surface area contributed by atoms with Crippen LogP contribution in [0.1, 0.15) is 18.6 Å². The number of rotatable bonds is 3. The van der Waals surface area contributed by atoms with E-state index in [4.69, 9.17) is 11.6 Å². The normalized spacial score (nSPS) is 17.8. The number of halogens is 2. The van der Waals surface area contributed by atoms with Gasteiger partial charge in [-0.25, -0.2) is 12.8 Å². The van der Waals surface area contributed by atoms with E-state index in [0.717, 1.165) is 12.3 Å². The topological polar surface area (TPSA) is 54.4 Å². The molecule has 0 saturated carbocycles. The highest BCUT2D eigenvalue weighted by Crippen LogP contribution is 2.36. The Bertz CT molecular complexity index is 485. The summed E-state index contributed by atoms with van der Waals surface area (Å²) in [6.45, 7) is 1.18. The monoisotopic (exact) mass is 266 g/mol. The zero-order valence-electron chi connectivity index (χ0n) is 8.81. The van der Waals surface area contributed by atoms with Gasteiger partial charge in [-0.2, -0.15) is 0 Å². The third kappa shape index (κ3) is 2.53. The number of alkyl halides is 1. The van der Waals surface area contributed by atoms with Gasteiger partial charge in [0.05, 0.1) is 0 Å². The molecule has 0 unspecified atom stereocenters. The van der Waals surface area contributed by atoms with Crippen molar-refractivity contribution in [1.29, 1.82) is 0 Å². The fourth-order valence-electron chi connectivity index (χ4n) is 1.18. The lowest BCUT2D eigenvalue weighted by Gasteiger charge is -2.26. The third-order valence-corrected chi connectivity index (χ3v) is 5.10. The van der Waals surface area contributed by atoms with Crippen LogP contribution in [-0.2, 0) is 9.84 Å². The fourth-order valence-corrected chi connectivity index (χ4v) is 1.84. The molecule has 6 heteroatoms. The molecule has 0 aliphatic carbocycles. The lowest BCUT2D eigenvalue weighted by atomic mass is 10.1. The van der Waals surface area contributed by atoms with Crippen molar-refractivity contribution in [3.05, 3.63) is 35.6 Å². The van der Waals surface area contributed by atoms with E-state index >= 15 is 0 Å². The second kappa shape index (κ2) is 4.31. The maximum absolute atomic E-state index is 12.9. The Hall–Kier alpha value is -0.650. The van der Waals surface area contributed by atoms with Crippen LogP contribution in [0.25, 0.3) is 0 Å². The van der Waals surface area contributed by atoms with E-state index in [2.05, 4.69) is 0 Å². The van der Waals surface area contributed by atoms with E-state index in [1.807, 2.05) is 0 Å². The Morgan fingerprint density at radius 1 is 1.50 bits per heavy atom. The zero-order chi connectivity index (χ0) is 12.6. The predicted octanol–water partition coefficient (Wildman–Crippen LogP) is 1.86. The van der Waals surface area contributed by atoms with Crippen molar-refractivity contribution in [1.82, 2.24) is 0 Å². The highest BCUT2D eigenvalue weighted by Gasteiger charge is 2.41. The number of aliphatic hydroxyl groups excluding tert-OH is 1. The van der Waals surface area contributed by atoms with Gasteiger partial charge in [-0.15, -0.1) is 0 Å². The molecule has 1 aromatic carbocycles. The molecule has 2 atom stereocenters. The second-order valence-electron chi connectivity index (χ2n) is 3.72. The summed E-state index contributed by atoms with van der Waals surface area (Å²) >= 11 is 5.79. The van der Waals surface area contributed by atoms with E-state index in [9.17, 15) is 17.9 Å². The quantitative estimate of drug-likeness (QED) is 0.850. The van der Waals surface area contributed by atoms with E-state index < -0.39 is 26.0 Å². The Morgan fingerprint density at radius 3 is 2.50 bits per heavy atom. The van der Waals surface area contributed by atoms with Crippen molar-refractivity contribution in [2.75, 3.05) is 6.26 Å². The number of aliphatic hydroxyl groups is 1. The molecule has 3 nitrogen and oxygen atoms in total. The smallest absolute Gasteiger partial charge is 0.172 e. The molecule has 0 fully saturated rings. The molecular weight excluding hydrogens is 255 g/mol. The van der Waals surface area contributed by atoms with Crippen molar-refractivity contribution < 1.29 is 17.9 Å². The molecule has 0 bridgehead atoms. The molecular formula is C10H12ClFO3S. The van der Waals surface area contributed by atoms with E-state index in [1.165, 1.54) is 25.1 Å². The summed E-state index contributed by atoms with van der Waals surface area (Å²) in [5.74, 6) is -0.558. The molecule has 0 aliphatic heterocycles. The molecule has 1 rings (SSSR count). The maximum atomic E-state index is 12.9. The minimum atomic E-state index is -3.67. The van der Waals surface area contributed by atoms with Crippen LogP contribution in [0.15, 0.2) is 24.3 Å². The molecule has 0 heterocycles. The van der Waals surface area contributed by atoms with Crippen LogP contribution in [-0.4, -0.2) is 24.0 Å². The first kappa shape index (κ1) is 13.4. The van der Waals surface area contributed by atoms with Crippen LogP contribution in [0.3, 0.4) is 0 Å². The van der Waals surface area contributed by atoms with Crippen molar-refractivity contribution in [2.24, 2.45) is 0 Å². The number of benzene rings is 1. The van der Waals surface area contributed by atoms with Crippen LogP contribution < -0.4 is 0 Å². The number of hydrogen-bond acceptors (Lipinski definition) is 3. The molecule has 90 valence electrons.